The van der Waals surface area contributed by atoms with Crippen molar-refractivity contribution < 1.29 is 14.7 Å². The number of aromatic nitrogens is 1. The summed E-state index contributed by atoms with van der Waals surface area (Å²) < 4.78 is 0. The summed E-state index contributed by atoms with van der Waals surface area (Å²) in [6, 6.07) is 1.99. The second-order valence-corrected chi connectivity index (χ2v) is 3.29. The van der Waals surface area contributed by atoms with Gasteiger partial charge in [-0.15, -0.1) is 0 Å². The molecule has 1 atom stereocenters. The SMILES string of the molecule is CC(NC(=O)c1ccc(Cl)nc1)C(=O)O. The summed E-state index contributed by atoms with van der Waals surface area (Å²) in [6.45, 7) is 1.38. The van der Waals surface area contributed by atoms with E-state index in [0.717, 1.165) is 0 Å². The van der Waals surface area contributed by atoms with Crippen LogP contribution in [0.5, 0.6) is 0 Å². The third kappa shape index (κ3) is 3.21. The van der Waals surface area contributed by atoms with Crippen LogP contribution >= 0.6 is 11.6 Å². The highest BCUT2D eigenvalue weighted by Gasteiger charge is 2.15. The van der Waals surface area contributed by atoms with Gasteiger partial charge in [0.25, 0.3) is 5.91 Å². The Morgan fingerprint density at radius 3 is 2.67 bits per heavy atom. The van der Waals surface area contributed by atoms with Gasteiger partial charge in [-0.2, -0.15) is 0 Å². The van der Waals surface area contributed by atoms with E-state index in [2.05, 4.69) is 10.3 Å². The zero-order valence-corrected chi connectivity index (χ0v) is 8.65. The van der Waals surface area contributed by atoms with Crippen LogP contribution in [0.3, 0.4) is 0 Å². The number of aliphatic carboxylic acids is 1. The van der Waals surface area contributed by atoms with E-state index in [-0.39, 0.29) is 10.7 Å². The van der Waals surface area contributed by atoms with Gasteiger partial charge in [0.2, 0.25) is 0 Å². The lowest BCUT2D eigenvalue weighted by molar-refractivity contribution is -0.138. The standard InChI is InChI=1S/C9H9ClN2O3/c1-5(9(14)15)12-8(13)6-2-3-7(10)11-4-6/h2-5H,1H3,(H,12,13)(H,14,15). The van der Waals surface area contributed by atoms with E-state index in [1.807, 2.05) is 0 Å². The number of carboxylic acids is 1. The summed E-state index contributed by atoms with van der Waals surface area (Å²) in [6.07, 6.45) is 1.28. The number of carbonyl (C=O) groups is 2. The topological polar surface area (TPSA) is 79.3 Å². The number of nitrogens with zero attached hydrogens (tertiary/aromatic N) is 1. The molecule has 1 aromatic rings. The molecule has 15 heavy (non-hydrogen) atoms. The fourth-order valence-electron chi connectivity index (χ4n) is 0.852. The molecule has 5 nitrogen and oxygen atoms in total. The number of nitrogens with one attached hydrogen (secondary N) is 1. The molecule has 80 valence electrons. The number of pyridine rings is 1. The third-order valence-electron chi connectivity index (χ3n) is 1.71. The first-order chi connectivity index (χ1) is 7.00. The normalized spacial score (nSPS) is 11.9. The van der Waals surface area contributed by atoms with Crippen LogP contribution in [0.2, 0.25) is 5.15 Å². The summed E-state index contributed by atoms with van der Waals surface area (Å²) >= 11 is 5.54. The molecule has 0 aromatic carbocycles. The lowest BCUT2D eigenvalue weighted by Gasteiger charge is -2.08. The third-order valence-corrected chi connectivity index (χ3v) is 1.93. The molecule has 1 unspecified atom stereocenters. The molecule has 6 heteroatoms. The Morgan fingerprint density at radius 2 is 2.20 bits per heavy atom. The Hall–Kier alpha value is -1.62. The number of carbonyl (C=O) groups excluding carboxylic acids is 1. The van der Waals surface area contributed by atoms with Crippen LogP contribution in [0.15, 0.2) is 18.3 Å². The number of carboxylic acid groups (broad SMARTS) is 1. The Bertz CT molecular complexity index is 377. The van der Waals surface area contributed by atoms with Gasteiger partial charge in [-0.05, 0) is 19.1 Å². The first-order valence-electron chi connectivity index (χ1n) is 4.16. The van der Waals surface area contributed by atoms with Crippen LogP contribution in [-0.4, -0.2) is 28.0 Å². The van der Waals surface area contributed by atoms with Gasteiger partial charge in [0.15, 0.2) is 0 Å². The zero-order chi connectivity index (χ0) is 11.4. The summed E-state index contributed by atoms with van der Waals surface area (Å²) in [7, 11) is 0. The Labute approximate surface area is 91.1 Å². The number of hydrogen-bond donors (Lipinski definition) is 2. The van der Waals surface area contributed by atoms with Crippen LogP contribution in [0.1, 0.15) is 17.3 Å². The first kappa shape index (κ1) is 11.5. The van der Waals surface area contributed by atoms with E-state index < -0.39 is 17.9 Å². The average Bonchev–Trinajstić information content (AvgIpc) is 2.18. The minimum Gasteiger partial charge on any atom is -0.480 e. The van der Waals surface area contributed by atoms with Crippen molar-refractivity contribution in [1.82, 2.24) is 10.3 Å². The highest BCUT2D eigenvalue weighted by atomic mass is 35.5. The van der Waals surface area contributed by atoms with Gasteiger partial charge in [0.05, 0.1) is 5.56 Å². The fourth-order valence-corrected chi connectivity index (χ4v) is 0.964. The molecule has 0 fully saturated rings. The van der Waals surface area contributed by atoms with Crippen molar-refractivity contribution in [3.8, 4) is 0 Å². The van der Waals surface area contributed by atoms with E-state index in [9.17, 15) is 9.59 Å². The Kier molecular flexibility index (Phi) is 3.62. The Balaban J connectivity index is 2.69. The highest BCUT2D eigenvalue weighted by molar-refractivity contribution is 6.29. The molecule has 0 aliphatic heterocycles. The molecule has 0 aliphatic rings. The molecule has 0 saturated heterocycles. The maximum absolute atomic E-state index is 11.4. The van der Waals surface area contributed by atoms with Crippen molar-refractivity contribution in [3.05, 3.63) is 29.0 Å². The van der Waals surface area contributed by atoms with E-state index >= 15 is 0 Å². The largest absolute Gasteiger partial charge is 0.480 e. The van der Waals surface area contributed by atoms with Gasteiger partial charge in [0, 0.05) is 6.20 Å². The van der Waals surface area contributed by atoms with E-state index in [1.54, 1.807) is 0 Å². The smallest absolute Gasteiger partial charge is 0.325 e. The molecule has 2 N–H and O–H groups in total. The zero-order valence-electron chi connectivity index (χ0n) is 7.90. The lowest BCUT2D eigenvalue weighted by Crippen LogP contribution is -2.38. The molecule has 0 bridgehead atoms. The van der Waals surface area contributed by atoms with Gasteiger partial charge < -0.3 is 10.4 Å². The first-order valence-corrected chi connectivity index (χ1v) is 4.53. The van der Waals surface area contributed by atoms with Gasteiger partial charge in [-0.3, -0.25) is 9.59 Å². The number of rotatable bonds is 3. The minimum atomic E-state index is -1.09. The molecule has 1 aromatic heterocycles. The fraction of sp³-hybridized carbons (Fsp3) is 0.222. The molecule has 1 amide bonds. The van der Waals surface area contributed by atoms with Crippen molar-refractivity contribution in [2.24, 2.45) is 0 Å². The highest BCUT2D eigenvalue weighted by Crippen LogP contribution is 2.05. The molecule has 1 rings (SSSR count). The van der Waals surface area contributed by atoms with Crippen LogP contribution < -0.4 is 5.32 Å². The second kappa shape index (κ2) is 4.75. The Morgan fingerprint density at radius 1 is 1.53 bits per heavy atom. The maximum atomic E-state index is 11.4. The second-order valence-electron chi connectivity index (χ2n) is 2.90. The van der Waals surface area contributed by atoms with Crippen LogP contribution in [0, 0.1) is 0 Å². The number of hydrogen-bond acceptors (Lipinski definition) is 3. The molecule has 0 spiro atoms. The summed E-state index contributed by atoms with van der Waals surface area (Å²) in [4.78, 5) is 25.6. The molecule has 0 saturated carbocycles. The van der Waals surface area contributed by atoms with Gasteiger partial charge >= 0.3 is 5.97 Å². The quantitative estimate of drug-likeness (QED) is 0.755. The number of amides is 1. The molecule has 0 radical (unpaired) electrons. The maximum Gasteiger partial charge on any atom is 0.325 e. The van der Waals surface area contributed by atoms with Crippen LogP contribution in [0.4, 0.5) is 0 Å². The van der Waals surface area contributed by atoms with Crippen LogP contribution in [-0.2, 0) is 4.79 Å². The van der Waals surface area contributed by atoms with Crippen LogP contribution in [0.25, 0.3) is 0 Å². The number of halogens is 1. The van der Waals surface area contributed by atoms with Crippen molar-refractivity contribution in [3.63, 3.8) is 0 Å². The monoisotopic (exact) mass is 228 g/mol. The average molecular weight is 229 g/mol. The molecular weight excluding hydrogens is 220 g/mol. The molecular formula is C9H9ClN2O3. The molecule has 0 aliphatic carbocycles. The predicted octanol–water partition coefficient (Wildman–Crippen LogP) is 0.938. The van der Waals surface area contributed by atoms with E-state index in [4.69, 9.17) is 16.7 Å². The summed E-state index contributed by atoms with van der Waals surface area (Å²) in [5.74, 6) is -1.58. The lowest BCUT2D eigenvalue weighted by atomic mass is 10.2. The van der Waals surface area contributed by atoms with Crippen molar-refractivity contribution in [1.29, 1.82) is 0 Å². The van der Waals surface area contributed by atoms with Gasteiger partial charge in [0.1, 0.15) is 11.2 Å². The van der Waals surface area contributed by atoms with Gasteiger partial charge in [-0.25, -0.2) is 4.98 Å². The van der Waals surface area contributed by atoms with E-state index in [1.165, 1.54) is 25.3 Å². The van der Waals surface area contributed by atoms with Crippen molar-refractivity contribution in [2.45, 2.75) is 13.0 Å². The summed E-state index contributed by atoms with van der Waals surface area (Å²) in [5.41, 5.74) is 0.271. The van der Waals surface area contributed by atoms with Crippen molar-refractivity contribution in [2.75, 3.05) is 0 Å². The predicted molar refractivity (Wildman–Crippen MR) is 53.8 cm³/mol. The summed E-state index contributed by atoms with van der Waals surface area (Å²) in [5, 5.41) is 11.1. The van der Waals surface area contributed by atoms with Crippen molar-refractivity contribution >= 4 is 23.5 Å². The van der Waals surface area contributed by atoms with E-state index in [0.29, 0.717) is 0 Å². The minimum absolute atomic E-state index is 0.271. The molecule has 1 heterocycles. The van der Waals surface area contributed by atoms with Gasteiger partial charge in [-0.1, -0.05) is 11.6 Å².